The summed E-state index contributed by atoms with van der Waals surface area (Å²) in [6.45, 7) is 4.97. The highest BCUT2D eigenvalue weighted by Gasteiger charge is 2.33. The molecule has 1 amide bonds. The van der Waals surface area contributed by atoms with Crippen LogP contribution in [-0.4, -0.2) is 45.6 Å². The molecule has 6 nitrogen and oxygen atoms in total. The van der Waals surface area contributed by atoms with Gasteiger partial charge in [0.15, 0.2) is 5.16 Å². The summed E-state index contributed by atoms with van der Waals surface area (Å²) in [4.78, 5) is 14.9. The van der Waals surface area contributed by atoms with Crippen molar-refractivity contribution in [2.24, 2.45) is 5.92 Å². The number of amides is 1. The highest BCUT2D eigenvalue weighted by molar-refractivity contribution is 8.00. The van der Waals surface area contributed by atoms with E-state index < -0.39 is 0 Å². The van der Waals surface area contributed by atoms with Crippen LogP contribution in [0.1, 0.15) is 70.8 Å². The van der Waals surface area contributed by atoms with Crippen molar-refractivity contribution in [3.05, 3.63) is 0 Å². The number of carbonyl (C=O) groups excluding carboxylic acids is 1. The van der Waals surface area contributed by atoms with Crippen LogP contribution in [0.3, 0.4) is 0 Å². The Labute approximate surface area is 160 Å². The van der Waals surface area contributed by atoms with Gasteiger partial charge < -0.3 is 10.2 Å². The molecule has 1 aliphatic heterocycles. The first-order chi connectivity index (χ1) is 12.7. The number of carbonyl (C=O) groups is 1. The van der Waals surface area contributed by atoms with Crippen LogP contribution in [0.4, 0.5) is 5.95 Å². The van der Waals surface area contributed by atoms with Crippen LogP contribution in [0.25, 0.3) is 0 Å². The summed E-state index contributed by atoms with van der Waals surface area (Å²) < 4.78 is 2.29. The number of thioether (sulfide) groups is 1. The maximum absolute atomic E-state index is 12.6. The predicted molar refractivity (Wildman–Crippen MR) is 105 cm³/mol. The first-order valence-corrected chi connectivity index (χ1v) is 11.2. The molecule has 0 radical (unpaired) electrons. The maximum atomic E-state index is 12.6. The quantitative estimate of drug-likeness (QED) is 0.738. The molecule has 26 heavy (non-hydrogen) atoms. The lowest BCUT2D eigenvalue weighted by Gasteiger charge is -2.22. The van der Waals surface area contributed by atoms with E-state index in [0.29, 0.717) is 12.0 Å². The van der Waals surface area contributed by atoms with Crippen LogP contribution in [0, 0.1) is 5.92 Å². The van der Waals surface area contributed by atoms with Gasteiger partial charge in [0.25, 0.3) is 0 Å². The summed E-state index contributed by atoms with van der Waals surface area (Å²) in [5.74, 6) is 1.82. The molecule has 3 fully saturated rings. The molecule has 1 N–H and O–H groups in total. The average molecular weight is 378 g/mol. The molecule has 0 spiro atoms. The standard InChI is InChI=1S/C19H31N5OS/c1-14(17(25)20-13-15-7-3-2-4-8-15)26-19-22-21-18(23-11-5-6-12-23)24(19)16-9-10-16/h14-16H,2-13H2,1H3,(H,20,25). The van der Waals surface area contributed by atoms with E-state index in [1.165, 1.54) is 57.8 Å². The number of aromatic nitrogens is 3. The normalized spacial score (nSPS) is 22.6. The first kappa shape index (κ1) is 18.1. The van der Waals surface area contributed by atoms with Gasteiger partial charge >= 0.3 is 0 Å². The van der Waals surface area contributed by atoms with Gasteiger partial charge in [-0.15, -0.1) is 10.2 Å². The molecule has 2 heterocycles. The molecule has 1 saturated heterocycles. The van der Waals surface area contributed by atoms with Crippen molar-refractivity contribution in [3.63, 3.8) is 0 Å². The summed E-state index contributed by atoms with van der Waals surface area (Å²) in [7, 11) is 0. The second-order valence-corrected chi connectivity index (χ2v) is 9.40. The molecular weight excluding hydrogens is 346 g/mol. The molecule has 0 bridgehead atoms. The number of nitrogens with one attached hydrogen (secondary N) is 1. The van der Waals surface area contributed by atoms with Crippen molar-refractivity contribution in [1.29, 1.82) is 0 Å². The Balaban J connectivity index is 1.36. The van der Waals surface area contributed by atoms with E-state index >= 15 is 0 Å². The molecule has 1 unspecified atom stereocenters. The summed E-state index contributed by atoms with van der Waals surface area (Å²) >= 11 is 1.56. The Kier molecular flexibility index (Phi) is 5.72. The number of hydrogen-bond acceptors (Lipinski definition) is 5. The highest BCUT2D eigenvalue weighted by Crippen LogP contribution is 2.42. The van der Waals surface area contributed by atoms with Crippen molar-refractivity contribution >= 4 is 23.6 Å². The van der Waals surface area contributed by atoms with Gasteiger partial charge in [-0.2, -0.15) is 0 Å². The maximum Gasteiger partial charge on any atom is 0.233 e. The van der Waals surface area contributed by atoms with E-state index in [2.05, 4.69) is 25.0 Å². The van der Waals surface area contributed by atoms with E-state index in [-0.39, 0.29) is 11.2 Å². The fraction of sp³-hybridized carbons (Fsp3) is 0.842. The monoisotopic (exact) mass is 377 g/mol. The SMILES string of the molecule is CC(Sc1nnc(N2CCCC2)n1C1CC1)C(=O)NCC1CCCCC1. The van der Waals surface area contributed by atoms with Gasteiger partial charge in [-0.05, 0) is 51.4 Å². The molecule has 1 aromatic heterocycles. The fourth-order valence-electron chi connectivity index (χ4n) is 4.13. The Morgan fingerprint density at radius 2 is 1.85 bits per heavy atom. The molecule has 144 valence electrons. The average Bonchev–Trinajstić information content (AvgIpc) is 3.18. The Morgan fingerprint density at radius 3 is 2.54 bits per heavy atom. The van der Waals surface area contributed by atoms with Crippen molar-refractivity contribution in [2.45, 2.75) is 81.2 Å². The minimum atomic E-state index is -0.133. The van der Waals surface area contributed by atoms with Gasteiger partial charge in [0.05, 0.1) is 5.25 Å². The van der Waals surface area contributed by atoms with Crippen LogP contribution in [0.2, 0.25) is 0 Å². The minimum absolute atomic E-state index is 0.133. The van der Waals surface area contributed by atoms with Crippen molar-refractivity contribution in [3.8, 4) is 0 Å². The van der Waals surface area contributed by atoms with Crippen LogP contribution in [0.5, 0.6) is 0 Å². The molecule has 2 aliphatic carbocycles. The van der Waals surface area contributed by atoms with Crippen molar-refractivity contribution in [2.75, 3.05) is 24.5 Å². The molecule has 1 atom stereocenters. The molecule has 7 heteroatoms. The summed E-state index contributed by atoms with van der Waals surface area (Å²) in [5.41, 5.74) is 0. The molecule has 3 aliphatic rings. The minimum Gasteiger partial charge on any atom is -0.355 e. The first-order valence-electron chi connectivity index (χ1n) is 10.4. The van der Waals surface area contributed by atoms with Crippen LogP contribution >= 0.6 is 11.8 Å². The zero-order valence-electron chi connectivity index (χ0n) is 15.8. The number of nitrogens with zero attached hydrogens (tertiary/aromatic N) is 4. The summed E-state index contributed by atoms with van der Waals surface area (Å²) in [5, 5.41) is 12.9. The van der Waals surface area contributed by atoms with Crippen LogP contribution in [0.15, 0.2) is 5.16 Å². The molecular formula is C19H31N5OS. The third kappa shape index (κ3) is 4.18. The van der Waals surface area contributed by atoms with Crippen molar-refractivity contribution < 1.29 is 4.79 Å². The Bertz CT molecular complexity index is 617. The van der Waals surface area contributed by atoms with E-state index in [1.54, 1.807) is 11.8 Å². The van der Waals surface area contributed by atoms with E-state index in [4.69, 9.17) is 0 Å². The topological polar surface area (TPSA) is 63.1 Å². The smallest absolute Gasteiger partial charge is 0.233 e. The summed E-state index contributed by atoms with van der Waals surface area (Å²) in [6.07, 6.45) is 11.4. The van der Waals surface area contributed by atoms with Gasteiger partial charge in [-0.25, -0.2) is 0 Å². The van der Waals surface area contributed by atoms with Gasteiger partial charge in [-0.1, -0.05) is 31.0 Å². The predicted octanol–water partition coefficient (Wildman–Crippen LogP) is 3.39. The zero-order valence-corrected chi connectivity index (χ0v) is 16.6. The van der Waals surface area contributed by atoms with Gasteiger partial charge in [0.2, 0.25) is 11.9 Å². The molecule has 1 aromatic rings. The second-order valence-electron chi connectivity index (χ2n) is 8.09. The van der Waals surface area contributed by atoms with Gasteiger partial charge in [0, 0.05) is 25.7 Å². The number of hydrogen-bond donors (Lipinski definition) is 1. The summed E-state index contributed by atoms with van der Waals surface area (Å²) in [6, 6.07) is 0.528. The Hall–Kier alpha value is -1.24. The van der Waals surface area contributed by atoms with E-state index in [1.807, 2.05) is 6.92 Å². The van der Waals surface area contributed by atoms with Gasteiger partial charge in [0.1, 0.15) is 0 Å². The van der Waals surface area contributed by atoms with E-state index in [9.17, 15) is 4.79 Å². The Morgan fingerprint density at radius 1 is 1.12 bits per heavy atom. The molecule has 0 aromatic carbocycles. The lowest BCUT2D eigenvalue weighted by atomic mass is 9.89. The number of rotatable bonds is 7. The molecule has 2 saturated carbocycles. The third-order valence-electron chi connectivity index (χ3n) is 5.89. The lowest BCUT2D eigenvalue weighted by molar-refractivity contribution is -0.120. The third-order valence-corrected chi connectivity index (χ3v) is 6.95. The highest BCUT2D eigenvalue weighted by atomic mass is 32.2. The van der Waals surface area contributed by atoms with Crippen LogP contribution < -0.4 is 10.2 Å². The van der Waals surface area contributed by atoms with Gasteiger partial charge in [-0.3, -0.25) is 9.36 Å². The lowest BCUT2D eigenvalue weighted by Crippen LogP contribution is -2.35. The van der Waals surface area contributed by atoms with E-state index in [0.717, 1.165) is 30.7 Å². The van der Waals surface area contributed by atoms with Crippen molar-refractivity contribution in [1.82, 2.24) is 20.1 Å². The fourth-order valence-corrected chi connectivity index (χ4v) is 5.07. The second kappa shape index (κ2) is 8.19. The van der Waals surface area contributed by atoms with Crippen LogP contribution in [-0.2, 0) is 4.79 Å². The largest absolute Gasteiger partial charge is 0.355 e. The zero-order chi connectivity index (χ0) is 17.9. The molecule has 4 rings (SSSR count). The number of anilines is 1.